The lowest BCUT2D eigenvalue weighted by atomic mass is 9.97. The number of piperidine rings is 1. The lowest BCUT2D eigenvalue weighted by Gasteiger charge is -2.28. The number of esters is 1. The molecule has 2 fully saturated rings. The van der Waals surface area contributed by atoms with Crippen molar-refractivity contribution in [1.29, 1.82) is 0 Å². The smallest absolute Gasteiger partial charge is 0.309 e. The van der Waals surface area contributed by atoms with Crippen molar-refractivity contribution in [2.45, 2.75) is 44.6 Å². The van der Waals surface area contributed by atoms with E-state index >= 15 is 0 Å². The fraction of sp³-hybridized carbons (Fsp3) is 0.917. The Morgan fingerprint density at radius 2 is 1.73 bits per heavy atom. The molecular formula is C12H21NO2. The Kier molecular flexibility index (Phi) is 3.62. The van der Waals surface area contributed by atoms with Gasteiger partial charge in [0.25, 0.3) is 0 Å². The molecule has 3 nitrogen and oxygen atoms in total. The summed E-state index contributed by atoms with van der Waals surface area (Å²) in [6.45, 7) is 2.06. The van der Waals surface area contributed by atoms with E-state index < -0.39 is 0 Å². The van der Waals surface area contributed by atoms with E-state index in [0.29, 0.717) is 0 Å². The van der Waals surface area contributed by atoms with Gasteiger partial charge in [0, 0.05) is 0 Å². The van der Waals surface area contributed by atoms with Gasteiger partial charge in [-0.3, -0.25) is 4.79 Å². The number of rotatable bonds is 2. The summed E-state index contributed by atoms with van der Waals surface area (Å²) in [6, 6.07) is 0. The van der Waals surface area contributed by atoms with E-state index in [0.717, 1.165) is 38.8 Å². The Bertz CT molecular complexity index is 216. The number of likely N-dealkylation sites (tertiary alicyclic amines) is 1. The fourth-order valence-corrected chi connectivity index (χ4v) is 2.51. The van der Waals surface area contributed by atoms with Gasteiger partial charge in [0.1, 0.15) is 6.10 Å². The van der Waals surface area contributed by atoms with Gasteiger partial charge in [-0.05, 0) is 58.7 Å². The maximum atomic E-state index is 11.8. The minimum atomic E-state index is 0.0648. The van der Waals surface area contributed by atoms with Gasteiger partial charge in [0.2, 0.25) is 0 Å². The Hall–Kier alpha value is -0.570. The zero-order valence-electron chi connectivity index (χ0n) is 9.58. The maximum absolute atomic E-state index is 11.8. The molecule has 1 saturated heterocycles. The quantitative estimate of drug-likeness (QED) is 0.652. The molecule has 1 heterocycles. The second-order valence-electron chi connectivity index (χ2n) is 4.92. The monoisotopic (exact) mass is 211 g/mol. The van der Waals surface area contributed by atoms with Gasteiger partial charge < -0.3 is 9.64 Å². The van der Waals surface area contributed by atoms with Crippen molar-refractivity contribution in [1.82, 2.24) is 4.90 Å². The minimum absolute atomic E-state index is 0.0648. The highest BCUT2D eigenvalue weighted by Crippen LogP contribution is 2.24. The summed E-state index contributed by atoms with van der Waals surface area (Å²) in [6.07, 6.45) is 6.80. The third-order valence-corrected chi connectivity index (χ3v) is 3.64. The number of hydrogen-bond acceptors (Lipinski definition) is 3. The zero-order valence-corrected chi connectivity index (χ0v) is 9.58. The first-order valence-electron chi connectivity index (χ1n) is 6.15. The molecule has 0 N–H and O–H groups in total. The topological polar surface area (TPSA) is 29.5 Å². The predicted molar refractivity (Wildman–Crippen MR) is 58.6 cm³/mol. The number of ether oxygens (including phenoxy) is 1. The Morgan fingerprint density at radius 3 is 2.33 bits per heavy atom. The summed E-state index contributed by atoms with van der Waals surface area (Å²) < 4.78 is 5.53. The Balaban J connectivity index is 1.75. The van der Waals surface area contributed by atoms with E-state index in [1.54, 1.807) is 0 Å². The molecule has 1 saturated carbocycles. The molecule has 2 aliphatic rings. The molecule has 0 spiro atoms. The summed E-state index contributed by atoms with van der Waals surface area (Å²) in [5.74, 6) is 0.233. The van der Waals surface area contributed by atoms with Crippen LogP contribution in [0.1, 0.15) is 38.5 Å². The van der Waals surface area contributed by atoms with Gasteiger partial charge in [-0.1, -0.05) is 0 Å². The molecule has 0 aromatic heterocycles. The number of hydrogen-bond donors (Lipinski definition) is 0. The number of carbonyl (C=O) groups excluding carboxylic acids is 1. The van der Waals surface area contributed by atoms with E-state index in [9.17, 15) is 4.79 Å². The van der Waals surface area contributed by atoms with Crippen LogP contribution in [0.15, 0.2) is 0 Å². The largest absolute Gasteiger partial charge is 0.462 e. The maximum Gasteiger partial charge on any atom is 0.309 e. The lowest BCUT2D eigenvalue weighted by molar-refractivity contribution is -0.155. The van der Waals surface area contributed by atoms with Crippen LogP contribution in [0.5, 0.6) is 0 Å². The second kappa shape index (κ2) is 4.97. The first-order valence-corrected chi connectivity index (χ1v) is 6.15. The van der Waals surface area contributed by atoms with Crippen molar-refractivity contribution in [2.24, 2.45) is 5.92 Å². The van der Waals surface area contributed by atoms with Crippen molar-refractivity contribution >= 4 is 5.97 Å². The van der Waals surface area contributed by atoms with Gasteiger partial charge in [0.05, 0.1) is 5.92 Å². The first kappa shape index (κ1) is 10.9. The Labute approximate surface area is 91.8 Å². The molecule has 0 bridgehead atoms. The van der Waals surface area contributed by atoms with Gasteiger partial charge in [-0.25, -0.2) is 0 Å². The third-order valence-electron chi connectivity index (χ3n) is 3.64. The van der Waals surface area contributed by atoms with Crippen LogP contribution < -0.4 is 0 Å². The molecule has 0 amide bonds. The van der Waals surface area contributed by atoms with E-state index in [1.807, 2.05) is 0 Å². The van der Waals surface area contributed by atoms with E-state index in [4.69, 9.17) is 4.74 Å². The van der Waals surface area contributed by atoms with Crippen LogP contribution >= 0.6 is 0 Å². The number of carbonyl (C=O) groups is 1. The van der Waals surface area contributed by atoms with E-state index in [1.165, 1.54) is 12.8 Å². The molecule has 3 heteroatoms. The van der Waals surface area contributed by atoms with Crippen LogP contribution in [-0.2, 0) is 9.53 Å². The molecule has 0 atom stereocenters. The lowest BCUT2D eigenvalue weighted by Crippen LogP contribution is -2.35. The number of nitrogens with zero attached hydrogens (tertiary/aromatic N) is 1. The molecule has 0 radical (unpaired) electrons. The molecule has 0 aromatic rings. The van der Waals surface area contributed by atoms with Gasteiger partial charge in [-0.15, -0.1) is 0 Å². The van der Waals surface area contributed by atoms with Crippen LogP contribution in [-0.4, -0.2) is 37.1 Å². The predicted octanol–water partition coefficient (Wildman–Crippen LogP) is 1.81. The normalized spacial score (nSPS) is 25.7. The van der Waals surface area contributed by atoms with Crippen molar-refractivity contribution in [2.75, 3.05) is 20.1 Å². The van der Waals surface area contributed by atoms with Crippen molar-refractivity contribution in [3.63, 3.8) is 0 Å². The molecule has 0 aromatic carbocycles. The second-order valence-corrected chi connectivity index (χ2v) is 4.92. The molecule has 1 aliphatic carbocycles. The molecule has 1 aliphatic heterocycles. The molecule has 15 heavy (non-hydrogen) atoms. The molecule has 2 rings (SSSR count). The van der Waals surface area contributed by atoms with Crippen LogP contribution in [0.25, 0.3) is 0 Å². The SMILES string of the molecule is CN1CCC(C(=O)OC2CCCC2)CC1. The summed E-state index contributed by atoms with van der Waals surface area (Å²) >= 11 is 0. The average Bonchev–Trinajstić information content (AvgIpc) is 2.71. The highest BCUT2D eigenvalue weighted by molar-refractivity contribution is 5.72. The van der Waals surface area contributed by atoms with Gasteiger partial charge in [0.15, 0.2) is 0 Å². The molecule has 0 unspecified atom stereocenters. The third kappa shape index (κ3) is 2.94. The summed E-state index contributed by atoms with van der Waals surface area (Å²) in [5.41, 5.74) is 0. The molecule has 86 valence electrons. The summed E-state index contributed by atoms with van der Waals surface area (Å²) in [4.78, 5) is 14.1. The molecular weight excluding hydrogens is 190 g/mol. The zero-order chi connectivity index (χ0) is 10.7. The van der Waals surface area contributed by atoms with Crippen LogP contribution in [0, 0.1) is 5.92 Å². The highest BCUT2D eigenvalue weighted by atomic mass is 16.5. The Morgan fingerprint density at radius 1 is 1.13 bits per heavy atom. The first-order chi connectivity index (χ1) is 7.25. The summed E-state index contributed by atoms with van der Waals surface area (Å²) in [5, 5.41) is 0. The van der Waals surface area contributed by atoms with Crippen molar-refractivity contribution in [3.05, 3.63) is 0 Å². The van der Waals surface area contributed by atoms with Gasteiger partial charge in [-0.2, -0.15) is 0 Å². The van der Waals surface area contributed by atoms with Crippen LogP contribution in [0.2, 0.25) is 0 Å². The fourth-order valence-electron chi connectivity index (χ4n) is 2.51. The van der Waals surface area contributed by atoms with Gasteiger partial charge >= 0.3 is 5.97 Å². The van der Waals surface area contributed by atoms with Crippen LogP contribution in [0.4, 0.5) is 0 Å². The average molecular weight is 211 g/mol. The summed E-state index contributed by atoms with van der Waals surface area (Å²) in [7, 11) is 2.11. The van der Waals surface area contributed by atoms with Crippen molar-refractivity contribution in [3.8, 4) is 0 Å². The highest BCUT2D eigenvalue weighted by Gasteiger charge is 2.27. The van der Waals surface area contributed by atoms with E-state index in [-0.39, 0.29) is 18.0 Å². The van der Waals surface area contributed by atoms with E-state index in [2.05, 4.69) is 11.9 Å². The van der Waals surface area contributed by atoms with Crippen LogP contribution in [0.3, 0.4) is 0 Å². The van der Waals surface area contributed by atoms with Crippen molar-refractivity contribution < 1.29 is 9.53 Å². The standard InChI is InChI=1S/C12H21NO2/c1-13-8-6-10(7-9-13)12(14)15-11-4-2-3-5-11/h10-11H,2-9H2,1H3. The minimum Gasteiger partial charge on any atom is -0.462 e.